The van der Waals surface area contributed by atoms with Gasteiger partial charge in [-0.05, 0) is 54.7 Å². The highest BCUT2D eigenvalue weighted by Crippen LogP contribution is 2.25. The van der Waals surface area contributed by atoms with Crippen LogP contribution in [0.4, 0.5) is 4.39 Å². The van der Waals surface area contributed by atoms with E-state index in [0.717, 1.165) is 31.2 Å². The Morgan fingerprint density at radius 3 is 2.30 bits per heavy atom. The van der Waals surface area contributed by atoms with E-state index in [1.165, 1.54) is 17.0 Å². The Bertz CT molecular complexity index is 853. The zero-order chi connectivity index (χ0) is 21.5. The van der Waals surface area contributed by atoms with Gasteiger partial charge in [-0.15, -0.1) is 11.6 Å². The summed E-state index contributed by atoms with van der Waals surface area (Å²) in [6.07, 6.45) is 4.54. The lowest BCUT2D eigenvalue weighted by molar-refractivity contribution is -0.139. The number of benzene rings is 2. The molecule has 3 rings (SSSR count). The minimum absolute atomic E-state index is 0.102. The molecule has 2 amide bonds. The third-order valence-corrected chi connectivity index (χ3v) is 5.92. The average Bonchev–Trinajstić information content (AvgIpc) is 3.25. The highest BCUT2D eigenvalue weighted by molar-refractivity contribution is 6.30. The maximum absolute atomic E-state index is 13.5. The molecule has 0 aliphatic heterocycles. The summed E-state index contributed by atoms with van der Waals surface area (Å²) in [4.78, 5) is 27.5. The predicted molar refractivity (Wildman–Crippen MR) is 117 cm³/mol. The molecular formula is C23H25Cl2FN2O2. The molecule has 1 aliphatic rings. The fourth-order valence-electron chi connectivity index (χ4n) is 3.84. The third-order valence-electron chi connectivity index (χ3n) is 5.44. The summed E-state index contributed by atoms with van der Waals surface area (Å²) in [6.45, 7) is 0.299. The smallest absolute Gasteiger partial charge is 0.247 e. The first-order chi connectivity index (χ1) is 14.5. The molecule has 160 valence electrons. The van der Waals surface area contributed by atoms with Crippen molar-refractivity contribution in [2.45, 2.75) is 44.2 Å². The fraction of sp³-hybridized carbons (Fsp3) is 0.391. The van der Waals surface area contributed by atoms with Crippen LogP contribution in [0.15, 0.2) is 48.5 Å². The van der Waals surface area contributed by atoms with Crippen molar-refractivity contribution in [2.75, 3.05) is 12.4 Å². The lowest BCUT2D eigenvalue weighted by Crippen LogP contribution is -2.47. The van der Waals surface area contributed by atoms with Gasteiger partial charge in [0.25, 0.3) is 0 Å². The quantitative estimate of drug-likeness (QED) is 0.582. The Balaban J connectivity index is 1.86. The van der Waals surface area contributed by atoms with E-state index in [2.05, 4.69) is 5.32 Å². The molecular weight excluding hydrogens is 426 g/mol. The molecule has 1 N–H and O–H groups in total. The number of carbonyl (C=O) groups excluding carboxylic acids is 2. The van der Waals surface area contributed by atoms with Gasteiger partial charge in [0, 0.05) is 17.6 Å². The zero-order valence-electron chi connectivity index (χ0n) is 16.6. The van der Waals surface area contributed by atoms with Crippen LogP contribution < -0.4 is 5.32 Å². The van der Waals surface area contributed by atoms with E-state index in [1.807, 2.05) is 12.1 Å². The molecule has 30 heavy (non-hydrogen) atoms. The van der Waals surface area contributed by atoms with Gasteiger partial charge in [-0.1, -0.05) is 48.7 Å². The molecule has 4 nitrogen and oxygen atoms in total. The van der Waals surface area contributed by atoms with Crippen LogP contribution in [0.25, 0.3) is 0 Å². The summed E-state index contributed by atoms with van der Waals surface area (Å²) in [5, 5.41) is 3.70. The Hall–Kier alpha value is -2.11. The van der Waals surface area contributed by atoms with E-state index in [0.29, 0.717) is 23.6 Å². The molecule has 2 aromatic rings. The van der Waals surface area contributed by atoms with Crippen LogP contribution in [0, 0.1) is 5.82 Å². The fourth-order valence-corrected chi connectivity index (χ4v) is 4.12. The molecule has 2 aromatic carbocycles. The van der Waals surface area contributed by atoms with E-state index >= 15 is 0 Å². The summed E-state index contributed by atoms with van der Waals surface area (Å²) < 4.78 is 13.5. The molecule has 7 heteroatoms. The van der Waals surface area contributed by atoms with Gasteiger partial charge in [-0.25, -0.2) is 4.39 Å². The van der Waals surface area contributed by atoms with E-state index < -0.39 is 11.9 Å². The van der Waals surface area contributed by atoms with Crippen LogP contribution >= 0.6 is 23.2 Å². The van der Waals surface area contributed by atoms with E-state index in [9.17, 15) is 14.0 Å². The number of amides is 2. The van der Waals surface area contributed by atoms with Crippen LogP contribution in [0.3, 0.4) is 0 Å². The highest BCUT2D eigenvalue weighted by atomic mass is 35.5. The molecule has 0 unspecified atom stereocenters. The van der Waals surface area contributed by atoms with Crippen molar-refractivity contribution >= 4 is 35.0 Å². The number of hydrogen-bond acceptors (Lipinski definition) is 2. The summed E-state index contributed by atoms with van der Waals surface area (Å²) in [5.41, 5.74) is 1.54. The van der Waals surface area contributed by atoms with Gasteiger partial charge >= 0.3 is 0 Å². The maximum Gasteiger partial charge on any atom is 0.247 e. The maximum atomic E-state index is 13.5. The van der Waals surface area contributed by atoms with Gasteiger partial charge in [0.05, 0.1) is 0 Å². The van der Waals surface area contributed by atoms with Crippen molar-refractivity contribution in [1.82, 2.24) is 10.2 Å². The topological polar surface area (TPSA) is 49.4 Å². The number of hydrogen-bond donors (Lipinski definition) is 1. The first-order valence-electron chi connectivity index (χ1n) is 10.1. The number of halogens is 3. The molecule has 0 heterocycles. The largest absolute Gasteiger partial charge is 0.351 e. The van der Waals surface area contributed by atoms with Gasteiger partial charge in [-0.3, -0.25) is 9.59 Å². The van der Waals surface area contributed by atoms with Gasteiger partial charge < -0.3 is 10.2 Å². The van der Waals surface area contributed by atoms with Crippen LogP contribution in [0.5, 0.6) is 0 Å². The summed E-state index contributed by atoms with van der Waals surface area (Å²) >= 11 is 11.8. The Morgan fingerprint density at radius 1 is 1.07 bits per heavy atom. The predicted octanol–water partition coefficient (Wildman–Crippen LogP) is 4.89. The van der Waals surface area contributed by atoms with Gasteiger partial charge in [0.2, 0.25) is 11.8 Å². The third kappa shape index (κ3) is 5.96. The number of nitrogens with one attached hydrogen (secondary N) is 1. The van der Waals surface area contributed by atoms with E-state index in [1.54, 1.807) is 24.3 Å². The van der Waals surface area contributed by atoms with Crippen LogP contribution in [0.1, 0.15) is 42.9 Å². The number of carbonyl (C=O) groups is 2. The lowest BCUT2D eigenvalue weighted by atomic mass is 10.0. The Morgan fingerprint density at radius 2 is 1.70 bits per heavy atom. The monoisotopic (exact) mass is 450 g/mol. The molecule has 1 aliphatic carbocycles. The van der Waals surface area contributed by atoms with Crippen molar-refractivity contribution in [3.63, 3.8) is 0 Å². The molecule has 0 bridgehead atoms. The molecule has 1 saturated carbocycles. The zero-order valence-corrected chi connectivity index (χ0v) is 18.1. The van der Waals surface area contributed by atoms with Crippen LogP contribution in [-0.2, 0) is 16.0 Å². The van der Waals surface area contributed by atoms with Crippen molar-refractivity contribution < 1.29 is 14.0 Å². The molecule has 0 spiro atoms. The minimum atomic E-state index is -0.871. The molecule has 0 radical (unpaired) electrons. The number of rotatable bonds is 8. The minimum Gasteiger partial charge on any atom is -0.351 e. The first kappa shape index (κ1) is 22.6. The van der Waals surface area contributed by atoms with Crippen molar-refractivity contribution in [1.29, 1.82) is 0 Å². The second-order valence-corrected chi connectivity index (χ2v) is 8.24. The number of alkyl halides is 1. The Kier molecular flexibility index (Phi) is 8.11. The molecule has 0 saturated heterocycles. The standard InChI is InChI=1S/C23H25Cl2FN2O2/c24-15-21(29)28(14-13-16-5-9-18(25)10-6-16)22(17-7-11-19(26)12-8-17)23(30)27-20-3-1-2-4-20/h5-12,20,22H,1-4,13-15H2,(H,27,30)/t22-/m0/s1. The van der Waals surface area contributed by atoms with Gasteiger partial charge in [0.15, 0.2) is 0 Å². The summed E-state index contributed by atoms with van der Waals surface area (Å²) in [7, 11) is 0. The van der Waals surface area contributed by atoms with E-state index in [4.69, 9.17) is 23.2 Å². The van der Waals surface area contributed by atoms with Crippen LogP contribution in [0.2, 0.25) is 5.02 Å². The molecule has 1 fully saturated rings. The van der Waals surface area contributed by atoms with Gasteiger partial charge in [0.1, 0.15) is 17.7 Å². The van der Waals surface area contributed by atoms with Gasteiger partial charge in [-0.2, -0.15) is 0 Å². The average molecular weight is 451 g/mol. The summed E-state index contributed by atoms with van der Waals surface area (Å²) in [6, 6.07) is 12.3. The van der Waals surface area contributed by atoms with Crippen molar-refractivity contribution in [3.05, 3.63) is 70.5 Å². The highest BCUT2D eigenvalue weighted by Gasteiger charge is 2.32. The first-order valence-corrected chi connectivity index (χ1v) is 11.0. The SMILES string of the molecule is O=C(NC1CCCC1)[C@H](c1ccc(F)cc1)N(CCc1ccc(Cl)cc1)C(=O)CCl. The molecule has 0 aromatic heterocycles. The second kappa shape index (κ2) is 10.8. The normalized spacial score (nSPS) is 15.0. The number of nitrogens with zero attached hydrogens (tertiary/aromatic N) is 1. The van der Waals surface area contributed by atoms with E-state index in [-0.39, 0.29) is 23.7 Å². The van der Waals surface area contributed by atoms with Crippen LogP contribution in [-0.4, -0.2) is 35.2 Å². The van der Waals surface area contributed by atoms with Crippen molar-refractivity contribution in [3.8, 4) is 0 Å². The lowest BCUT2D eigenvalue weighted by Gasteiger charge is -2.32. The Labute approximate surface area is 186 Å². The second-order valence-electron chi connectivity index (χ2n) is 7.54. The molecule has 1 atom stereocenters. The van der Waals surface area contributed by atoms with Crippen molar-refractivity contribution in [2.24, 2.45) is 0 Å². The summed E-state index contributed by atoms with van der Waals surface area (Å²) in [5.74, 6) is -1.25.